The Labute approximate surface area is 263 Å². The molecular formula is C30H37ClF3N5O4S. The molecule has 5 rings (SSSR count). The van der Waals surface area contributed by atoms with E-state index in [0.717, 1.165) is 49.6 Å². The summed E-state index contributed by atoms with van der Waals surface area (Å²) >= 11 is 7.25. The zero-order valence-electron chi connectivity index (χ0n) is 24.9. The Kier molecular flexibility index (Phi) is 10.3. The number of thiazole rings is 1. The number of carbonyl (C=O) groups excluding carboxylic acids is 1. The average molecular weight is 656 g/mol. The standard InChI is InChI=1S/C30H37ClF3N5O4S/c1-18-14-39(15-19(2)43-18)16-20-11-23(31)13-24(27(20)40)28(41)36-29-35-26-21(10-22(30(32,33)34)12-25(26)44-29)17-42-9-8-38-6-4-37(3)5-7-38/h10-13,18-19,40H,4-9,14-17H2,1-3H3,(H,35,36,41)/t18-,19+. The van der Waals surface area contributed by atoms with E-state index in [9.17, 15) is 23.1 Å². The Morgan fingerprint density at radius 2 is 1.82 bits per heavy atom. The highest BCUT2D eigenvalue weighted by atomic mass is 35.5. The Balaban J connectivity index is 1.32. The first kappa shape index (κ1) is 32.9. The Hall–Kier alpha value is -2.52. The van der Waals surface area contributed by atoms with Gasteiger partial charge in [0.1, 0.15) is 5.75 Å². The number of likely N-dealkylation sites (N-methyl/N-ethyl adjacent to an activating group) is 1. The number of halogens is 4. The van der Waals surface area contributed by atoms with Gasteiger partial charge in [0, 0.05) is 68.5 Å². The maximum Gasteiger partial charge on any atom is 0.416 e. The Morgan fingerprint density at radius 1 is 1.11 bits per heavy atom. The summed E-state index contributed by atoms with van der Waals surface area (Å²) in [5.74, 6) is -0.886. The molecule has 0 saturated carbocycles. The van der Waals surface area contributed by atoms with E-state index < -0.39 is 17.6 Å². The van der Waals surface area contributed by atoms with Crippen LogP contribution in [0.2, 0.25) is 5.02 Å². The van der Waals surface area contributed by atoms with E-state index in [2.05, 4.69) is 32.0 Å². The van der Waals surface area contributed by atoms with Crippen LogP contribution in [0.25, 0.3) is 10.2 Å². The van der Waals surface area contributed by atoms with E-state index in [1.807, 2.05) is 13.8 Å². The minimum absolute atomic E-state index is 0.0204. The monoisotopic (exact) mass is 655 g/mol. The molecule has 2 N–H and O–H groups in total. The molecular weight excluding hydrogens is 619 g/mol. The predicted octanol–water partition coefficient (Wildman–Crippen LogP) is 5.30. The molecule has 2 fully saturated rings. The van der Waals surface area contributed by atoms with Crippen molar-refractivity contribution in [1.82, 2.24) is 19.7 Å². The third kappa shape index (κ3) is 8.19. The van der Waals surface area contributed by atoms with Crippen molar-refractivity contribution in [1.29, 1.82) is 0 Å². The number of hydrogen-bond donors (Lipinski definition) is 2. The maximum atomic E-state index is 13.7. The lowest BCUT2D eigenvalue weighted by Crippen LogP contribution is -2.45. The van der Waals surface area contributed by atoms with Crippen molar-refractivity contribution in [2.45, 2.75) is 45.4 Å². The fourth-order valence-corrected chi connectivity index (χ4v) is 6.83. The van der Waals surface area contributed by atoms with Gasteiger partial charge in [0.15, 0.2) is 5.13 Å². The van der Waals surface area contributed by atoms with Gasteiger partial charge in [-0.05, 0) is 45.2 Å². The summed E-state index contributed by atoms with van der Waals surface area (Å²) in [6.07, 6.45) is -4.52. The van der Waals surface area contributed by atoms with E-state index >= 15 is 0 Å². The van der Waals surface area contributed by atoms with Gasteiger partial charge in [-0.3, -0.25) is 19.9 Å². The van der Waals surface area contributed by atoms with Gasteiger partial charge in [-0.1, -0.05) is 22.9 Å². The first-order chi connectivity index (χ1) is 20.9. The molecule has 3 aromatic rings. The number of hydrogen-bond acceptors (Lipinski definition) is 9. The number of ether oxygens (including phenoxy) is 2. The molecule has 0 radical (unpaired) electrons. The number of aromatic hydroxyl groups is 1. The van der Waals surface area contributed by atoms with Crippen molar-refractivity contribution in [3.63, 3.8) is 0 Å². The van der Waals surface area contributed by atoms with Gasteiger partial charge < -0.3 is 19.5 Å². The lowest BCUT2D eigenvalue weighted by Gasteiger charge is -2.35. The number of nitrogens with zero attached hydrogens (tertiary/aromatic N) is 4. The molecule has 240 valence electrons. The maximum absolute atomic E-state index is 13.7. The van der Waals surface area contributed by atoms with Crippen LogP contribution in [0.4, 0.5) is 18.3 Å². The highest BCUT2D eigenvalue weighted by molar-refractivity contribution is 7.22. The second kappa shape index (κ2) is 13.9. The number of morpholine rings is 1. The van der Waals surface area contributed by atoms with Crippen molar-refractivity contribution >= 4 is 44.2 Å². The number of anilines is 1. The van der Waals surface area contributed by atoms with Gasteiger partial charge in [0.2, 0.25) is 0 Å². The van der Waals surface area contributed by atoms with Gasteiger partial charge in [-0.25, -0.2) is 4.98 Å². The predicted molar refractivity (Wildman–Crippen MR) is 165 cm³/mol. The van der Waals surface area contributed by atoms with Crippen LogP contribution >= 0.6 is 22.9 Å². The second-order valence-electron chi connectivity index (χ2n) is 11.6. The molecule has 1 amide bonds. The summed E-state index contributed by atoms with van der Waals surface area (Å²) < 4.78 is 53.1. The van der Waals surface area contributed by atoms with E-state index in [1.54, 1.807) is 6.07 Å². The van der Waals surface area contributed by atoms with Crippen LogP contribution in [-0.4, -0.2) is 102 Å². The SMILES string of the molecule is C[C@@H]1CN(Cc2cc(Cl)cc(C(=O)Nc3nc4c(COCCN5CCN(C)CC5)cc(C(F)(F)F)cc4s3)c2O)C[C@H](C)O1. The largest absolute Gasteiger partial charge is 0.507 e. The summed E-state index contributed by atoms with van der Waals surface area (Å²) in [7, 11) is 2.07. The van der Waals surface area contributed by atoms with Crippen LogP contribution in [0.3, 0.4) is 0 Å². The molecule has 2 aromatic carbocycles. The molecule has 2 aliphatic rings. The van der Waals surface area contributed by atoms with Crippen molar-refractivity contribution < 1.29 is 32.5 Å². The summed E-state index contributed by atoms with van der Waals surface area (Å²) in [4.78, 5) is 24.4. The van der Waals surface area contributed by atoms with Gasteiger partial charge >= 0.3 is 6.18 Å². The van der Waals surface area contributed by atoms with E-state index in [0.29, 0.717) is 43.9 Å². The summed E-state index contributed by atoms with van der Waals surface area (Å²) in [6.45, 7) is 10.4. The highest BCUT2D eigenvalue weighted by Crippen LogP contribution is 2.37. The number of carbonyl (C=O) groups is 1. The fraction of sp³-hybridized carbons (Fsp3) is 0.533. The van der Waals surface area contributed by atoms with Gasteiger partial charge in [0.25, 0.3) is 5.91 Å². The molecule has 0 unspecified atom stereocenters. The molecule has 14 heteroatoms. The zero-order chi connectivity index (χ0) is 31.6. The summed E-state index contributed by atoms with van der Waals surface area (Å²) in [5.41, 5.74) is 0.230. The van der Waals surface area contributed by atoms with Crippen molar-refractivity contribution in [3.05, 3.63) is 51.5 Å². The van der Waals surface area contributed by atoms with Crippen LogP contribution in [0, 0.1) is 0 Å². The Morgan fingerprint density at radius 3 is 2.50 bits per heavy atom. The number of alkyl halides is 3. The third-order valence-corrected chi connectivity index (χ3v) is 8.95. The van der Waals surface area contributed by atoms with E-state index in [-0.39, 0.29) is 50.5 Å². The van der Waals surface area contributed by atoms with E-state index in [1.165, 1.54) is 6.07 Å². The number of phenols is 1. The van der Waals surface area contributed by atoms with Crippen LogP contribution in [0.1, 0.15) is 40.9 Å². The number of piperazine rings is 1. The lowest BCUT2D eigenvalue weighted by molar-refractivity contribution is -0.137. The average Bonchev–Trinajstić information content (AvgIpc) is 3.35. The molecule has 3 heterocycles. The molecule has 0 spiro atoms. The number of aromatic nitrogens is 1. The van der Waals surface area contributed by atoms with E-state index in [4.69, 9.17) is 21.1 Å². The van der Waals surface area contributed by atoms with Crippen LogP contribution in [0.15, 0.2) is 24.3 Å². The minimum Gasteiger partial charge on any atom is -0.507 e. The van der Waals surface area contributed by atoms with Crippen molar-refractivity contribution in [3.8, 4) is 5.75 Å². The normalized spacial score (nSPS) is 20.8. The van der Waals surface area contributed by atoms with Crippen molar-refractivity contribution in [2.24, 2.45) is 0 Å². The Bertz CT molecular complexity index is 1470. The second-order valence-corrected chi connectivity index (χ2v) is 13.0. The smallest absolute Gasteiger partial charge is 0.416 e. The molecule has 44 heavy (non-hydrogen) atoms. The summed E-state index contributed by atoms with van der Waals surface area (Å²) in [5, 5.41) is 14.0. The lowest BCUT2D eigenvalue weighted by atomic mass is 10.1. The zero-order valence-corrected chi connectivity index (χ0v) is 26.5. The quantitative estimate of drug-likeness (QED) is 0.301. The first-order valence-corrected chi connectivity index (χ1v) is 15.7. The van der Waals surface area contributed by atoms with Crippen molar-refractivity contribution in [2.75, 3.05) is 64.8 Å². The molecule has 2 atom stereocenters. The number of rotatable bonds is 9. The number of phenolic OH excluding ortho intramolecular Hbond substituents is 1. The highest BCUT2D eigenvalue weighted by Gasteiger charge is 2.32. The number of benzene rings is 2. The third-order valence-electron chi connectivity index (χ3n) is 7.81. The van der Waals surface area contributed by atoms with Gasteiger partial charge in [-0.2, -0.15) is 13.2 Å². The van der Waals surface area contributed by atoms with Gasteiger partial charge in [0.05, 0.1) is 46.8 Å². The minimum atomic E-state index is -4.56. The van der Waals surface area contributed by atoms with Gasteiger partial charge in [-0.15, -0.1) is 0 Å². The number of fused-ring (bicyclic) bond motifs is 1. The van der Waals surface area contributed by atoms with Crippen LogP contribution in [-0.2, 0) is 28.8 Å². The first-order valence-electron chi connectivity index (χ1n) is 14.6. The van der Waals surface area contributed by atoms with Crippen LogP contribution < -0.4 is 5.32 Å². The molecule has 0 bridgehead atoms. The fourth-order valence-electron chi connectivity index (χ4n) is 5.64. The number of amides is 1. The summed E-state index contributed by atoms with van der Waals surface area (Å²) in [6, 6.07) is 5.04. The molecule has 1 aromatic heterocycles. The molecule has 9 nitrogen and oxygen atoms in total. The van der Waals surface area contributed by atoms with Crippen LogP contribution in [0.5, 0.6) is 5.75 Å². The topological polar surface area (TPSA) is 90.4 Å². The molecule has 0 aliphatic carbocycles. The molecule has 2 saturated heterocycles. The number of nitrogens with one attached hydrogen (secondary N) is 1. The molecule has 2 aliphatic heterocycles.